The van der Waals surface area contributed by atoms with Crippen molar-refractivity contribution in [1.29, 1.82) is 0 Å². The van der Waals surface area contributed by atoms with Crippen LogP contribution in [0.15, 0.2) is 18.2 Å². The van der Waals surface area contributed by atoms with E-state index in [-0.39, 0.29) is 6.04 Å². The lowest BCUT2D eigenvalue weighted by Crippen LogP contribution is -2.29. The monoisotopic (exact) mass is 250 g/mol. The van der Waals surface area contributed by atoms with Gasteiger partial charge in [-0.2, -0.15) is 0 Å². The summed E-state index contributed by atoms with van der Waals surface area (Å²) in [5.41, 5.74) is 5.27. The Hall–Kier alpha value is -1.06. The van der Waals surface area contributed by atoms with Crippen molar-refractivity contribution in [3.63, 3.8) is 0 Å². The van der Waals surface area contributed by atoms with E-state index in [0.717, 1.165) is 17.7 Å². The molecule has 0 heterocycles. The molecule has 3 heteroatoms. The van der Waals surface area contributed by atoms with Gasteiger partial charge in [-0.15, -0.1) is 0 Å². The van der Waals surface area contributed by atoms with Gasteiger partial charge in [-0.05, 0) is 30.9 Å². The summed E-state index contributed by atoms with van der Waals surface area (Å²) in [5, 5.41) is 0. The highest BCUT2D eigenvalue weighted by Gasteiger charge is 2.17. The van der Waals surface area contributed by atoms with Crippen LogP contribution in [-0.4, -0.2) is 7.11 Å². The molecule has 2 atom stereocenters. The zero-order valence-electron chi connectivity index (χ0n) is 12.0. The number of methoxy groups -OCH3 is 1. The molecule has 0 fully saturated rings. The number of hydrazine groups is 1. The lowest BCUT2D eigenvalue weighted by molar-refractivity contribution is 0.367. The zero-order valence-corrected chi connectivity index (χ0v) is 12.0. The number of rotatable bonds is 7. The Kier molecular flexibility index (Phi) is 6.16. The molecular weight excluding hydrogens is 224 g/mol. The number of nitrogens with two attached hydrogens (primary N) is 1. The first-order chi connectivity index (χ1) is 8.62. The molecule has 3 N–H and O–H groups in total. The predicted molar refractivity (Wildman–Crippen MR) is 76.5 cm³/mol. The molecule has 0 saturated carbocycles. The first-order valence-electron chi connectivity index (χ1n) is 6.73. The van der Waals surface area contributed by atoms with E-state index in [1.54, 1.807) is 7.11 Å². The predicted octanol–water partition coefficient (Wildman–Crippen LogP) is 3.33. The Morgan fingerprint density at radius 2 is 2.11 bits per heavy atom. The van der Waals surface area contributed by atoms with Crippen molar-refractivity contribution in [2.75, 3.05) is 7.11 Å². The molecular formula is C15H26N2O. The summed E-state index contributed by atoms with van der Waals surface area (Å²) >= 11 is 0. The van der Waals surface area contributed by atoms with Gasteiger partial charge in [0.25, 0.3) is 0 Å². The maximum absolute atomic E-state index is 5.71. The van der Waals surface area contributed by atoms with E-state index in [2.05, 4.69) is 44.4 Å². The first-order valence-corrected chi connectivity index (χ1v) is 6.73. The van der Waals surface area contributed by atoms with Crippen LogP contribution < -0.4 is 16.0 Å². The Balaban J connectivity index is 2.87. The topological polar surface area (TPSA) is 47.3 Å². The molecule has 102 valence electrons. The number of benzene rings is 1. The molecule has 0 amide bonds. The smallest absolute Gasteiger partial charge is 0.123 e. The van der Waals surface area contributed by atoms with E-state index in [1.165, 1.54) is 18.4 Å². The first kappa shape index (κ1) is 15.0. The second kappa shape index (κ2) is 7.39. The molecule has 1 aromatic rings. The SMILES string of the molecule is CCCC(C)CC(NN)c1ccc(C)cc1OC. The number of hydrogen-bond acceptors (Lipinski definition) is 3. The number of nitrogens with one attached hydrogen (secondary N) is 1. The van der Waals surface area contributed by atoms with Crippen LogP contribution in [0.1, 0.15) is 50.3 Å². The lowest BCUT2D eigenvalue weighted by Gasteiger charge is -2.22. The number of ether oxygens (including phenoxy) is 1. The molecule has 0 spiro atoms. The molecule has 0 bridgehead atoms. The lowest BCUT2D eigenvalue weighted by atomic mass is 9.92. The third-order valence-electron chi connectivity index (χ3n) is 3.39. The summed E-state index contributed by atoms with van der Waals surface area (Å²) in [6.45, 7) is 6.55. The van der Waals surface area contributed by atoms with E-state index in [1.807, 2.05) is 0 Å². The highest BCUT2D eigenvalue weighted by atomic mass is 16.5. The van der Waals surface area contributed by atoms with Crippen molar-refractivity contribution < 1.29 is 4.74 Å². The van der Waals surface area contributed by atoms with Gasteiger partial charge < -0.3 is 4.74 Å². The molecule has 0 aromatic heterocycles. The molecule has 0 aliphatic rings. The van der Waals surface area contributed by atoms with Crippen molar-refractivity contribution in [2.45, 2.75) is 46.1 Å². The molecule has 0 aliphatic carbocycles. The quantitative estimate of drug-likeness (QED) is 0.576. The van der Waals surface area contributed by atoms with E-state index in [9.17, 15) is 0 Å². The maximum Gasteiger partial charge on any atom is 0.123 e. The van der Waals surface area contributed by atoms with E-state index >= 15 is 0 Å². The van der Waals surface area contributed by atoms with Crippen LogP contribution in [0.2, 0.25) is 0 Å². The summed E-state index contributed by atoms with van der Waals surface area (Å²) in [6.07, 6.45) is 3.47. The van der Waals surface area contributed by atoms with Gasteiger partial charge in [-0.25, -0.2) is 0 Å². The van der Waals surface area contributed by atoms with Crippen LogP contribution in [0, 0.1) is 12.8 Å². The van der Waals surface area contributed by atoms with Crippen LogP contribution in [-0.2, 0) is 0 Å². The molecule has 3 nitrogen and oxygen atoms in total. The Labute approximate surface area is 111 Å². The van der Waals surface area contributed by atoms with Crippen LogP contribution >= 0.6 is 0 Å². The minimum absolute atomic E-state index is 0.155. The van der Waals surface area contributed by atoms with Crippen molar-refractivity contribution in [1.82, 2.24) is 5.43 Å². The molecule has 0 saturated heterocycles. The largest absolute Gasteiger partial charge is 0.496 e. The van der Waals surface area contributed by atoms with E-state index < -0.39 is 0 Å². The highest BCUT2D eigenvalue weighted by Crippen LogP contribution is 2.30. The van der Waals surface area contributed by atoms with Gasteiger partial charge in [0, 0.05) is 11.6 Å². The number of aryl methyl sites for hydroxylation is 1. The van der Waals surface area contributed by atoms with Crippen molar-refractivity contribution in [3.8, 4) is 5.75 Å². The maximum atomic E-state index is 5.71. The molecule has 18 heavy (non-hydrogen) atoms. The Morgan fingerprint density at radius 1 is 1.39 bits per heavy atom. The fourth-order valence-corrected chi connectivity index (χ4v) is 2.40. The Bertz CT molecular complexity index is 366. The Morgan fingerprint density at radius 3 is 2.67 bits per heavy atom. The summed E-state index contributed by atoms with van der Waals surface area (Å²) < 4.78 is 5.45. The third kappa shape index (κ3) is 4.00. The van der Waals surface area contributed by atoms with E-state index in [0.29, 0.717) is 5.92 Å². The van der Waals surface area contributed by atoms with Gasteiger partial charge in [-0.3, -0.25) is 11.3 Å². The molecule has 2 unspecified atom stereocenters. The summed E-state index contributed by atoms with van der Waals surface area (Å²) in [4.78, 5) is 0. The number of hydrogen-bond donors (Lipinski definition) is 2. The summed E-state index contributed by atoms with van der Waals surface area (Å²) in [5.74, 6) is 7.28. The molecule has 1 aromatic carbocycles. The molecule has 1 rings (SSSR count). The fourth-order valence-electron chi connectivity index (χ4n) is 2.40. The molecule has 0 radical (unpaired) electrons. The highest BCUT2D eigenvalue weighted by molar-refractivity contribution is 5.39. The standard InChI is InChI=1S/C15H26N2O/c1-5-6-11(2)9-14(17-16)13-8-7-12(3)10-15(13)18-4/h7-8,10-11,14,17H,5-6,9,16H2,1-4H3. The van der Waals surface area contributed by atoms with Crippen LogP contribution in [0.4, 0.5) is 0 Å². The second-order valence-electron chi connectivity index (χ2n) is 5.09. The zero-order chi connectivity index (χ0) is 13.5. The van der Waals surface area contributed by atoms with Gasteiger partial charge >= 0.3 is 0 Å². The average molecular weight is 250 g/mol. The summed E-state index contributed by atoms with van der Waals surface area (Å²) in [6, 6.07) is 6.43. The van der Waals surface area contributed by atoms with Gasteiger partial charge in [0.2, 0.25) is 0 Å². The van der Waals surface area contributed by atoms with Crippen LogP contribution in [0.5, 0.6) is 5.75 Å². The second-order valence-corrected chi connectivity index (χ2v) is 5.09. The van der Waals surface area contributed by atoms with Crippen LogP contribution in [0.3, 0.4) is 0 Å². The third-order valence-corrected chi connectivity index (χ3v) is 3.39. The molecule has 0 aliphatic heterocycles. The fraction of sp³-hybridized carbons (Fsp3) is 0.600. The normalized spacial score (nSPS) is 14.3. The van der Waals surface area contributed by atoms with Gasteiger partial charge in [0.15, 0.2) is 0 Å². The van der Waals surface area contributed by atoms with Crippen LogP contribution in [0.25, 0.3) is 0 Å². The van der Waals surface area contributed by atoms with E-state index in [4.69, 9.17) is 10.6 Å². The average Bonchev–Trinajstić information content (AvgIpc) is 2.36. The van der Waals surface area contributed by atoms with Gasteiger partial charge in [-0.1, -0.05) is 38.8 Å². The minimum Gasteiger partial charge on any atom is -0.496 e. The van der Waals surface area contributed by atoms with Crippen molar-refractivity contribution >= 4 is 0 Å². The van der Waals surface area contributed by atoms with Gasteiger partial charge in [0.1, 0.15) is 5.75 Å². The van der Waals surface area contributed by atoms with Crippen molar-refractivity contribution in [2.24, 2.45) is 11.8 Å². The minimum atomic E-state index is 0.155. The van der Waals surface area contributed by atoms with Gasteiger partial charge in [0.05, 0.1) is 7.11 Å². The van der Waals surface area contributed by atoms with Crippen molar-refractivity contribution in [3.05, 3.63) is 29.3 Å². The summed E-state index contributed by atoms with van der Waals surface area (Å²) in [7, 11) is 1.71.